The molecule has 0 unspecified atom stereocenters. The molecule has 0 saturated heterocycles. The molecule has 1 N–H and O–H groups in total. The maximum Gasteiger partial charge on any atom is 0.332 e. The average Bonchev–Trinajstić information content (AvgIpc) is 2.36. The van der Waals surface area contributed by atoms with Crippen molar-refractivity contribution in [2.75, 3.05) is 5.32 Å². The van der Waals surface area contributed by atoms with Crippen LogP contribution in [0.3, 0.4) is 0 Å². The number of nitrogens with one attached hydrogen (secondary N) is 1. The minimum Gasteiger partial charge on any atom is -0.360 e. The molecule has 0 aliphatic carbocycles. The number of halogens is 1. The van der Waals surface area contributed by atoms with Gasteiger partial charge in [0.1, 0.15) is 16.7 Å². The van der Waals surface area contributed by atoms with E-state index in [1.165, 1.54) is 0 Å². The molecule has 2 aromatic heterocycles. The SMILES string of the molecule is Cc1nc(C)c([N+](=O)[O-])c(NCc2ccc(Cl)nc2C)n1. The van der Waals surface area contributed by atoms with Gasteiger partial charge in [0.15, 0.2) is 0 Å². The molecular weight excluding hydrogens is 294 g/mol. The predicted molar refractivity (Wildman–Crippen MR) is 79.5 cm³/mol. The highest BCUT2D eigenvalue weighted by Gasteiger charge is 2.21. The normalized spacial score (nSPS) is 10.5. The maximum atomic E-state index is 11.1. The van der Waals surface area contributed by atoms with Crippen LogP contribution in [0.5, 0.6) is 0 Å². The molecule has 2 heterocycles. The van der Waals surface area contributed by atoms with E-state index < -0.39 is 4.92 Å². The fourth-order valence-corrected chi connectivity index (χ4v) is 2.16. The molecule has 0 saturated carbocycles. The van der Waals surface area contributed by atoms with E-state index in [9.17, 15) is 10.1 Å². The van der Waals surface area contributed by atoms with Gasteiger partial charge in [-0.25, -0.2) is 15.0 Å². The monoisotopic (exact) mass is 307 g/mol. The Bertz CT molecular complexity index is 705. The Kier molecular flexibility index (Phi) is 4.32. The van der Waals surface area contributed by atoms with Crippen LogP contribution in [0.4, 0.5) is 11.5 Å². The van der Waals surface area contributed by atoms with Crippen LogP contribution < -0.4 is 5.32 Å². The number of pyridine rings is 1. The Hall–Kier alpha value is -2.28. The summed E-state index contributed by atoms with van der Waals surface area (Å²) in [5.74, 6) is 0.686. The summed E-state index contributed by atoms with van der Waals surface area (Å²) in [6.45, 7) is 5.48. The van der Waals surface area contributed by atoms with Crippen LogP contribution in [0.25, 0.3) is 0 Å². The van der Waals surface area contributed by atoms with E-state index in [-0.39, 0.29) is 11.5 Å². The van der Waals surface area contributed by atoms with Crippen molar-refractivity contribution in [3.8, 4) is 0 Å². The van der Waals surface area contributed by atoms with Crippen molar-refractivity contribution in [1.82, 2.24) is 15.0 Å². The third kappa shape index (κ3) is 3.43. The van der Waals surface area contributed by atoms with Gasteiger partial charge in [0.25, 0.3) is 0 Å². The highest BCUT2D eigenvalue weighted by molar-refractivity contribution is 6.29. The van der Waals surface area contributed by atoms with Crippen molar-refractivity contribution in [2.24, 2.45) is 0 Å². The van der Waals surface area contributed by atoms with Gasteiger partial charge in [-0.05, 0) is 32.4 Å². The first-order valence-corrected chi connectivity index (χ1v) is 6.62. The van der Waals surface area contributed by atoms with Gasteiger partial charge in [-0.2, -0.15) is 0 Å². The zero-order valence-corrected chi connectivity index (χ0v) is 12.6. The number of aromatic nitrogens is 3. The van der Waals surface area contributed by atoms with Gasteiger partial charge >= 0.3 is 5.69 Å². The standard InChI is InChI=1S/C13H14ClN5O2/c1-7-10(4-5-11(14)17-7)6-15-13-12(19(20)21)8(2)16-9(3)18-13/h4-5H,6H2,1-3H3,(H,15,16,18). The summed E-state index contributed by atoms with van der Waals surface area (Å²) in [5, 5.41) is 14.5. The Balaban J connectivity index is 2.29. The van der Waals surface area contributed by atoms with Crippen LogP contribution in [0, 0.1) is 30.9 Å². The molecule has 7 nitrogen and oxygen atoms in total. The summed E-state index contributed by atoms with van der Waals surface area (Å²) < 4.78 is 0. The molecular formula is C13H14ClN5O2. The van der Waals surface area contributed by atoms with Gasteiger partial charge in [-0.3, -0.25) is 10.1 Å². The lowest BCUT2D eigenvalue weighted by molar-refractivity contribution is -0.385. The molecule has 0 aliphatic heterocycles. The zero-order valence-electron chi connectivity index (χ0n) is 11.8. The fraction of sp³-hybridized carbons (Fsp3) is 0.308. The first-order chi connectivity index (χ1) is 9.88. The average molecular weight is 308 g/mol. The Labute approximate surface area is 126 Å². The van der Waals surface area contributed by atoms with E-state index >= 15 is 0 Å². The molecule has 110 valence electrons. The third-order valence-corrected chi connectivity index (χ3v) is 3.17. The van der Waals surface area contributed by atoms with Crippen LogP contribution in [-0.2, 0) is 6.54 Å². The van der Waals surface area contributed by atoms with E-state index in [2.05, 4.69) is 20.3 Å². The van der Waals surface area contributed by atoms with Crippen molar-refractivity contribution in [1.29, 1.82) is 0 Å². The van der Waals surface area contributed by atoms with Gasteiger partial charge in [0.2, 0.25) is 5.82 Å². The minimum absolute atomic E-state index is 0.111. The molecule has 0 bridgehead atoms. The number of rotatable bonds is 4. The predicted octanol–water partition coefficient (Wildman–Crippen LogP) is 2.97. The Morgan fingerprint density at radius 2 is 1.90 bits per heavy atom. The third-order valence-electron chi connectivity index (χ3n) is 2.96. The molecule has 0 amide bonds. The van der Waals surface area contributed by atoms with Crippen LogP contribution in [0.15, 0.2) is 12.1 Å². The lowest BCUT2D eigenvalue weighted by Gasteiger charge is -2.10. The quantitative estimate of drug-likeness (QED) is 0.530. The first-order valence-electron chi connectivity index (χ1n) is 6.24. The smallest absolute Gasteiger partial charge is 0.332 e. The molecule has 0 aliphatic rings. The Morgan fingerprint density at radius 1 is 1.19 bits per heavy atom. The minimum atomic E-state index is -0.482. The van der Waals surface area contributed by atoms with Crippen LogP contribution >= 0.6 is 11.6 Å². The topological polar surface area (TPSA) is 93.8 Å². The van der Waals surface area contributed by atoms with Crippen molar-refractivity contribution in [2.45, 2.75) is 27.3 Å². The second kappa shape index (κ2) is 6.01. The van der Waals surface area contributed by atoms with Gasteiger partial charge < -0.3 is 5.32 Å². The fourth-order valence-electron chi connectivity index (χ4n) is 1.97. The number of nitro groups is 1. The summed E-state index contributed by atoms with van der Waals surface area (Å²) in [5.41, 5.74) is 1.88. The highest BCUT2D eigenvalue weighted by atomic mass is 35.5. The summed E-state index contributed by atoms with van der Waals surface area (Å²) in [6.07, 6.45) is 0. The second-order valence-corrected chi connectivity index (χ2v) is 4.93. The van der Waals surface area contributed by atoms with Gasteiger partial charge in [-0.1, -0.05) is 17.7 Å². The maximum absolute atomic E-state index is 11.1. The van der Waals surface area contributed by atoms with Crippen molar-refractivity contribution >= 4 is 23.1 Å². The summed E-state index contributed by atoms with van der Waals surface area (Å²) in [6, 6.07) is 3.50. The molecule has 21 heavy (non-hydrogen) atoms. The molecule has 0 spiro atoms. The van der Waals surface area contributed by atoms with Gasteiger partial charge in [-0.15, -0.1) is 0 Å². The number of nitrogens with zero attached hydrogens (tertiary/aromatic N) is 4. The molecule has 0 radical (unpaired) electrons. The lowest BCUT2D eigenvalue weighted by atomic mass is 10.2. The van der Waals surface area contributed by atoms with E-state index in [1.807, 2.05) is 13.0 Å². The van der Waals surface area contributed by atoms with E-state index in [0.717, 1.165) is 11.3 Å². The van der Waals surface area contributed by atoms with E-state index in [4.69, 9.17) is 11.6 Å². The van der Waals surface area contributed by atoms with Crippen LogP contribution in [0.2, 0.25) is 5.15 Å². The Morgan fingerprint density at radius 3 is 2.52 bits per heavy atom. The van der Waals surface area contributed by atoms with Crippen LogP contribution in [0.1, 0.15) is 22.8 Å². The molecule has 2 rings (SSSR count). The summed E-state index contributed by atoms with van der Waals surface area (Å²) in [7, 11) is 0. The number of hydrogen-bond donors (Lipinski definition) is 1. The second-order valence-electron chi connectivity index (χ2n) is 4.54. The largest absolute Gasteiger partial charge is 0.360 e. The summed E-state index contributed by atoms with van der Waals surface area (Å²) >= 11 is 5.80. The lowest BCUT2D eigenvalue weighted by Crippen LogP contribution is -2.09. The van der Waals surface area contributed by atoms with E-state index in [0.29, 0.717) is 23.2 Å². The molecule has 0 aromatic carbocycles. The number of aryl methyl sites for hydroxylation is 3. The van der Waals surface area contributed by atoms with E-state index in [1.54, 1.807) is 19.9 Å². The van der Waals surface area contributed by atoms with Crippen molar-refractivity contribution in [3.05, 3.63) is 50.2 Å². The van der Waals surface area contributed by atoms with Crippen molar-refractivity contribution < 1.29 is 4.92 Å². The van der Waals surface area contributed by atoms with Crippen LogP contribution in [-0.4, -0.2) is 19.9 Å². The highest BCUT2D eigenvalue weighted by Crippen LogP contribution is 2.25. The first kappa shape index (κ1) is 15.1. The molecule has 0 fully saturated rings. The number of anilines is 1. The van der Waals surface area contributed by atoms with Gasteiger partial charge in [0, 0.05) is 12.2 Å². The molecule has 2 aromatic rings. The van der Waals surface area contributed by atoms with Gasteiger partial charge in [0.05, 0.1) is 4.92 Å². The number of hydrogen-bond acceptors (Lipinski definition) is 6. The molecule has 0 atom stereocenters. The zero-order chi connectivity index (χ0) is 15.6. The van der Waals surface area contributed by atoms with Crippen molar-refractivity contribution in [3.63, 3.8) is 0 Å². The summed E-state index contributed by atoms with van der Waals surface area (Å²) in [4.78, 5) is 22.9. The molecule has 8 heteroatoms.